The number of hydrogen-bond acceptors (Lipinski definition) is 4. The average Bonchev–Trinajstić information content (AvgIpc) is 2.96. The topological polar surface area (TPSA) is 58.3 Å². The summed E-state index contributed by atoms with van der Waals surface area (Å²) in [6, 6.07) is 5.85. The van der Waals surface area contributed by atoms with Crippen LogP contribution in [-0.4, -0.2) is 16.6 Å². The van der Waals surface area contributed by atoms with Gasteiger partial charge in [-0.15, -0.1) is 0 Å². The fourth-order valence-corrected chi connectivity index (χ4v) is 2.13. The molecule has 2 N–H and O–H groups in total. The van der Waals surface area contributed by atoms with Crippen LogP contribution in [0.1, 0.15) is 30.3 Å². The van der Waals surface area contributed by atoms with Crippen LogP contribution in [0, 0.1) is 0 Å². The lowest BCUT2D eigenvalue weighted by Gasteiger charge is -2.02. The zero-order valence-corrected chi connectivity index (χ0v) is 8.94. The van der Waals surface area contributed by atoms with Gasteiger partial charge >= 0.3 is 0 Å². The quantitative estimate of drug-likeness (QED) is 0.806. The Hall–Kier alpha value is -1.39. The van der Waals surface area contributed by atoms with Crippen molar-refractivity contribution in [3.8, 4) is 0 Å². The van der Waals surface area contributed by atoms with Gasteiger partial charge < -0.3 is 14.8 Å². The normalized spacial score (nSPS) is 20.7. The first-order valence-electron chi connectivity index (χ1n) is 5.60. The summed E-state index contributed by atoms with van der Waals surface area (Å²) in [7, 11) is 0. The standard InChI is InChI=1S/C12H14N2O2/c15-7-8-3-4-11-10(6-8)14-12(16-11)9-2-1-5-13-9/h3-4,6,9,13,15H,1-2,5,7H2. The molecule has 0 saturated carbocycles. The third kappa shape index (κ3) is 1.60. The van der Waals surface area contributed by atoms with Gasteiger partial charge in [0.05, 0.1) is 12.6 Å². The number of benzene rings is 1. The van der Waals surface area contributed by atoms with Crippen LogP contribution in [-0.2, 0) is 6.61 Å². The molecule has 1 aromatic heterocycles. The first-order valence-corrected chi connectivity index (χ1v) is 5.60. The number of hydrogen-bond donors (Lipinski definition) is 2. The van der Waals surface area contributed by atoms with Gasteiger partial charge in [0, 0.05) is 0 Å². The molecule has 84 valence electrons. The second kappa shape index (κ2) is 3.88. The first-order chi connectivity index (χ1) is 7.86. The van der Waals surface area contributed by atoms with Crippen molar-refractivity contribution in [2.75, 3.05) is 6.54 Å². The molecule has 1 unspecified atom stereocenters. The highest BCUT2D eigenvalue weighted by Gasteiger charge is 2.21. The van der Waals surface area contributed by atoms with Gasteiger partial charge in [0.15, 0.2) is 5.58 Å². The minimum Gasteiger partial charge on any atom is -0.439 e. The van der Waals surface area contributed by atoms with Gasteiger partial charge in [0.2, 0.25) is 5.89 Å². The molecule has 1 aliphatic heterocycles. The van der Waals surface area contributed by atoms with E-state index in [-0.39, 0.29) is 12.6 Å². The van der Waals surface area contributed by atoms with Gasteiger partial charge in [0.1, 0.15) is 5.52 Å². The summed E-state index contributed by atoms with van der Waals surface area (Å²) in [5, 5.41) is 12.4. The number of oxazole rings is 1. The average molecular weight is 218 g/mol. The molecule has 0 aliphatic carbocycles. The number of nitrogens with zero attached hydrogens (tertiary/aromatic N) is 1. The zero-order valence-electron chi connectivity index (χ0n) is 8.94. The number of nitrogens with one attached hydrogen (secondary N) is 1. The Kier molecular flexibility index (Phi) is 2.38. The van der Waals surface area contributed by atoms with Crippen LogP contribution in [0.25, 0.3) is 11.1 Å². The van der Waals surface area contributed by atoms with E-state index < -0.39 is 0 Å². The molecule has 2 aromatic rings. The van der Waals surface area contributed by atoms with Crippen molar-refractivity contribution >= 4 is 11.1 Å². The molecule has 1 atom stereocenters. The van der Waals surface area contributed by atoms with Gasteiger partial charge in [-0.1, -0.05) is 6.07 Å². The fourth-order valence-electron chi connectivity index (χ4n) is 2.13. The van der Waals surface area contributed by atoms with Crippen LogP contribution in [0.4, 0.5) is 0 Å². The molecule has 0 amide bonds. The summed E-state index contributed by atoms with van der Waals surface area (Å²) in [5.74, 6) is 0.766. The molecule has 4 nitrogen and oxygen atoms in total. The van der Waals surface area contributed by atoms with Crippen molar-refractivity contribution in [2.24, 2.45) is 0 Å². The van der Waals surface area contributed by atoms with Crippen molar-refractivity contribution < 1.29 is 9.52 Å². The minimum atomic E-state index is 0.0415. The summed E-state index contributed by atoms with van der Waals surface area (Å²) >= 11 is 0. The number of aliphatic hydroxyl groups is 1. The highest BCUT2D eigenvalue weighted by molar-refractivity contribution is 5.73. The molecule has 1 aliphatic rings. The van der Waals surface area contributed by atoms with Crippen LogP contribution in [0.2, 0.25) is 0 Å². The van der Waals surface area contributed by atoms with E-state index in [1.54, 1.807) is 0 Å². The van der Waals surface area contributed by atoms with Gasteiger partial charge in [-0.2, -0.15) is 0 Å². The number of aromatic nitrogens is 1. The number of fused-ring (bicyclic) bond motifs is 1. The Balaban J connectivity index is 2.01. The number of rotatable bonds is 2. The molecule has 1 saturated heterocycles. The van der Waals surface area contributed by atoms with Gasteiger partial charge in [-0.3, -0.25) is 0 Å². The fraction of sp³-hybridized carbons (Fsp3) is 0.417. The first kappa shape index (κ1) is 9.81. The second-order valence-corrected chi connectivity index (χ2v) is 4.16. The predicted octanol–water partition coefficient (Wildman–Crippen LogP) is 1.74. The summed E-state index contributed by atoms with van der Waals surface area (Å²) < 4.78 is 5.70. The van der Waals surface area contributed by atoms with E-state index in [9.17, 15) is 0 Å². The highest BCUT2D eigenvalue weighted by atomic mass is 16.3. The Labute approximate surface area is 93.3 Å². The molecule has 4 heteroatoms. The van der Waals surface area contributed by atoms with E-state index in [0.29, 0.717) is 0 Å². The zero-order chi connectivity index (χ0) is 11.0. The van der Waals surface area contributed by atoms with Gasteiger partial charge in [-0.25, -0.2) is 4.98 Å². The van der Waals surface area contributed by atoms with Crippen molar-refractivity contribution in [2.45, 2.75) is 25.5 Å². The monoisotopic (exact) mass is 218 g/mol. The summed E-state index contributed by atoms with van der Waals surface area (Å²) in [4.78, 5) is 4.46. The van der Waals surface area contributed by atoms with Crippen LogP contribution in [0.5, 0.6) is 0 Å². The molecule has 1 aromatic carbocycles. The Bertz CT molecular complexity index is 501. The van der Waals surface area contributed by atoms with Crippen molar-refractivity contribution in [3.05, 3.63) is 29.7 Å². The van der Waals surface area contributed by atoms with E-state index in [0.717, 1.165) is 35.5 Å². The molecule has 0 bridgehead atoms. The molecule has 2 heterocycles. The summed E-state index contributed by atoms with van der Waals surface area (Å²) in [6.07, 6.45) is 2.25. The smallest absolute Gasteiger partial charge is 0.212 e. The van der Waals surface area contributed by atoms with Crippen LogP contribution >= 0.6 is 0 Å². The predicted molar refractivity (Wildman–Crippen MR) is 59.9 cm³/mol. The maximum atomic E-state index is 9.04. The van der Waals surface area contributed by atoms with Crippen LogP contribution in [0.15, 0.2) is 22.6 Å². The lowest BCUT2D eigenvalue weighted by Crippen LogP contribution is -2.12. The number of aliphatic hydroxyl groups excluding tert-OH is 1. The molecule has 16 heavy (non-hydrogen) atoms. The summed E-state index contributed by atoms with van der Waals surface area (Å²) in [6.45, 7) is 1.07. The largest absolute Gasteiger partial charge is 0.439 e. The third-order valence-corrected chi connectivity index (χ3v) is 3.01. The van der Waals surface area contributed by atoms with Crippen LogP contribution in [0.3, 0.4) is 0 Å². The molecule has 0 radical (unpaired) electrons. The van der Waals surface area contributed by atoms with E-state index in [1.165, 1.54) is 6.42 Å². The van der Waals surface area contributed by atoms with Crippen molar-refractivity contribution in [3.63, 3.8) is 0 Å². The van der Waals surface area contributed by atoms with E-state index in [4.69, 9.17) is 9.52 Å². The van der Waals surface area contributed by atoms with E-state index in [2.05, 4.69) is 10.3 Å². The lowest BCUT2D eigenvalue weighted by molar-refractivity contribution is 0.282. The lowest BCUT2D eigenvalue weighted by atomic mass is 10.2. The van der Waals surface area contributed by atoms with Gasteiger partial charge in [0.25, 0.3) is 0 Å². The second-order valence-electron chi connectivity index (χ2n) is 4.16. The SMILES string of the molecule is OCc1ccc2oc(C3CCCN3)nc2c1. The molecule has 1 fully saturated rings. The summed E-state index contributed by atoms with van der Waals surface area (Å²) in [5.41, 5.74) is 2.49. The third-order valence-electron chi connectivity index (χ3n) is 3.01. The Morgan fingerprint density at radius 2 is 2.44 bits per heavy atom. The van der Waals surface area contributed by atoms with E-state index >= 15 is 0 Å². The molecule has 0 spiro atoms. The Morgan fingerprint density at radius 1 is 1.50 bits per heavy atom. The highest BCUT2D eigenvalue weighted by Crippen LogP contribution is 2.26. The van der Waals surface area contributed by atoms with E-state index in [1.807, 2.05) is 18.2 Å². The Morgan fingerprint density at radius 3 is 3.19 bits per heavy atom. The van der Waals surface area contributed by atoms with Crippen molar-refractivity contribution in [1.29, 1.82) is 0 Å². The maximum Gasteiger partial charge on any atom is 0.212 e. The molecule has 3 rings (SSSR count). The maximum absolute atomic E-state index is 9.04. The van der Waals surface area contributed by atoms with Crippen molar-refractivity contribution in [1.82, 2.24) is 10.3 Å². The van der Waals surface area contributed by atoms with Gasteiger partial charge in [-0.05, 0) is 37.1 Å². The van der Waals surface area contributed by atoms with Crippen LogP contribution < -0.4 is 5.32 Å². The minimum absolute atomic E-state index is 0.0415. The molecular weight excluding hydrogens is 204 g/mol. The molecular formula is C12H14N2O2.